The lowest BCUT2D eigenvalue weighted by Crippen LogP contribution is -2.81. The van der Waals surface area contributed by atoms with Gasteiger partial charge in [-0.15, -0.1) is 0 Å². The maximum Gasteiger partial charge on any atom is 0.344 e. The summed E-state index contributed by atoms with van der Waals surface area (Å²) in [7, 11) is 5.94. The molecule has 5 aromatic carbocycles. The highest BCUT2D eigenvalue weighted by atomic mass is 19.3. The Morgan fingerprint density at radius 2 is 1.46 bits per heavy atom. The van der Waals surface area contributed by atoms with Gasteiger partial charge in [-0.05, 0) is 148 Å². The Morgan fingerprint density at radius 3 is 2.08 bits per heavy atom. The van der Waals surface area contributed by atoms with Gasteiger partial charge in [0.05, 0.1) is 33.9 Å². The number of piperidine rings is 1. The van der Waals surface area contributed by atoms with Crippen molar-refractivity contribution < 1.29 is 60.8 Å². The lowest BCUT2D eigenvalue weighted by Gasteiger charge is -2.63. The molecule has 7 heterocycles. The number of piperazine rings is 1. The van der Waals surface area contributed by atoms with Gasteiger partial charge in [0.15, 0.2) is 6.10 Å². The van der Waals surface area contributed by atoms with Crippen LogP contribution in [0.25, 0.3) is 10.9 Å². The first-order valence-corrected chi connectivity index (χ1v) is 33.4. The third-order valence-electron chi connectivity index (χ3n) is 22.4. The van der Waals surface area contributed by atoms with Gasteiger partial charge in [-0.25, -0.2) is 22.4 Å². The fraction of sp³-hybridized carbons (Fsp3) is 0.493. The van der Waals surface area contributed by atoms with Crippen LogP contribution in [-0.4, -0.2) is 177 Å². The Morgan fingerprint density at radius 1 is 0.811 bits per heavy atom. The van der Waals surface area contributed by atoms with Crippen LogP contribution < -0.4 is 15.0 Å². The number of halogens is 4. The Hall–Kier alpha value is -7.62. The zero-order valence-electron chi connectivity index (χ0n) is 55.9. The minimum atomic E-state index is -2.94. The molecule has 1 saturated carbocycles. The number of hydrogen-bond donors (Lipinski definition) is 3. The number of hydrogen-bond acceptors (Lipinski definition) is 14. The first kappa shape index (κ1) is 67.4. The van der Waals surface area contributed by atoms with Crippen LogP contribution in [0.5, 0.6) is 5.75 Å². The van der Waals surface area contributed by atoms with Crippen molar-refractivity contribution in [2.24, 2.45) is 17.3 Å². The number of rotatable bonds is 16. The highest BCUT2D eigenvalue weighted by molar-refractivity contribution is 5.96. The number of aryl methyl sites for hydroxylation is 2. The Balaban J connectivity index is 0.000000206. The van der Waals surface area contributed by atoms with Gasteiger partial charge in [-0.3, -0.25) is 29.1 Å². The largest absolute Gasteiger partial charge is 0.496 e. The molecule has 20 heteroatoms. The van der Waals surface area contributed by atoms with E-state index < -0.39 is 63.7 Å². The van der Waals surface area contributed by atoms with Crippen LogP contribution in [0.4, 0.5) is 28.9 Å². The number of amides is 1. The van der Waals surface area contributed by atoms with E-state index in [4.69, 9.17) is 18.9 Å². The average molecular weight is 1310 g/mol. The Labute approximate surface area is 553 Å². The van der Waals surface area contributed by atoms with Crippen LogP contribution in [0.2, 0.25) is 0 Å². The van der Waals surface area contributed by atoms with E-state index in [2.05, 4.69) is 29.9 Å². The number of para-hydroxylation sites is 2. The summed E-state index contributed by atoms with van der Waals surface area (Å²) in [5, 5.41) is 17.2. The van der Waals surface area contributed by atoms with Crippen molar-refractivity contribution in [2.45, 2.75) is 126 Å². The number of aromatic nitrogens is 1. The number of nitrogens with one attached hydrogen (secondary N) is 2. The van der Waals surface area contributed by atoms with Crippen LogP contribution in [-0.2, 0) is 50.8 Å². The first-order valence-electron chi connectivity index (χ1n) is 33.4. The highest BCUT2D eigenvalue weighted by Crippen LogP contribution is 2.68. The van der Waals surface area contributed by atoms with E-state index >= 15 is 13.6 Å². The van der Waals surface area contributed by atoms with Crippen molar-refractivity contribution in [2.75, 3.05) is 104 Å². The second-order valence-corrected chi connectivity index (χ2v) is 27.8. The fourth-order valence-corrected chi connectivity index (χ4v) is 18.2. The maximum atomic E-state index is 15.3. The molecule has 13 rings (SSSR count). The van der Waals surface area contributed by atoms with Crippen molar-refractivity contribution >= 4 is 46.1 Å². The van der Waals surface area contributed by atoms with Gasteiger partial charge in [0.2, 0.25) is 17.4 Å². The van der Waals surface area contributed by atoms with E-state index in [1.165, 1.54) is 52.5 Å². The van der Waals surface area contributed by atoms with Crippen LogP contribution in [0.3, 0.4) is 0 Å². The number of H-pyrrole nitrogens is 1. The minimum Gasteiger partial charge on any atom is -0.496 e. The number of benzene rings is 5. The van der Waals surface area contributed by atoms with E-state index in [1.54, 1.807) is 0 Å². The Bertz CT molecular complexity index is 3820. The maximum absolute atomic E-state index is 15.3. The summed E-state index contributed by atoms with van der Waals surface area (Å²) in [4.78, 5) is 69.7. The van der Waals surface area contributed by atoms with Gasteiger partial charge < -0.3 is 44.2 Å². The van der Waals surface area contributed by atoms with Crippen molar-refractivity contribution in [1.82, 2.24) is 24.6 Å². The third-order valence-corrected chi connectivity index (χ3v) is 22.4. The number of carbonyl (C=O) groups is 4. The molecule has 4 fully saturated rings. The zero-order chi connectivity index (χ0) is 67.5. The Kier molecular flexibility index (Phi) is 18.7. The second kappa shape index (κ2) is 26.4. The molecule has 6 aromatic rings. The molecular weight excluding hydrogens is 1220 g/mol. The molecule has 1 amide bonds. The smallest absolute Gasteiger partial charge is 0.344 e. The molecule has 2 bridgehead atoms. The average Bonchev–Trinajstić information content (AvgIpc) is 1.49. The number of nitrogens with zero attached hydrogens (tertiary/aromatic N) is 5. The molecule has 1 unspecified atom stereocenters. The summed E-state index contributed by atoms with van der Waals surface area (Å²) in [5.74, 6) is -6.30. The van der Waals surface area contributed by atoms with E-state index in [0.717, 1.165) is 102 Å². The molecule has 0 radical (unpaired) electrons. The number of aromatic amines is 1. The molecule has 1 spiro atoms. The summed E-state index contributed by atoms with van der Waals surface area (Å²) >= 11 is 0. The van der Waals surface area contributed by atoms with Crippen molar-refractivity contribution in [3.05, 3.63) is 172 Å². The number of likely N-dealkylation sites (N-methyl/N-ethyl adjacent to an activating group) is 1. The third kappa shape index (κ3) is 11.8. The molecule has 95 heavy (non-hydrogen) atoms. The van der Waals surface area contributed by atoms with E-state index in [0.29, 0.717) is 68.3 Å². The SMILES string of the molecule is CC[C@]12C=CCN3CC[C@@]4(c5cc([C@@]6(C(=O)OC)C[C@H]7C[C@@H](C(C)(F)F)CN(Cc8c6[nH]c6ccccc86)C7)c(OC)cc5N(C)[C@H]4[C@@](O)(C(=O)OC)[C@@H]1OC(C)=O)[C@@H]32.Cc1cccc(C)c1NC(=O)CN1CCN(CCCC(c2ccc(F)cc2)c2ccc(F)cc2)CC1. The molecular formula is C75H89F4N7O9. The lowest BCUT2D eigenvalue weighted by molar-refractivity contribution is -0.228. The van der Waals surface area contributed by atoms with E-state index in [-0.39, 0.29) is 54.8 Å². The molecule has 7 aliphatic rings. The topological polar surface area (TPSA) is 169 Å². The number of anilines is 2. The molecule has 3 N–H and O–H groups in total. The van der Waals surface area contributed by atoms with Crippen LogP contribution in [0.1, 0.15) is 110 Å². The van der Waals surface area contributed by atoms with Gasteiger partial charge in [-0.2, -0.15) is 0 Å². The van der Waals surface area contributed by atoms with Gasteiger partial charge >= 0.3 is 17.9 Å². The van der Waals surface area contributed by atoms with Gasteiger partial charge in [0.25, 0.3) is 0 Å². The van der Waals surface area contributed by atoms with Crippen molar-refractivity contribution in [3.63, 3.8) is 0 Å². The van der Waals surface area contributed by atoms with Crippen molar-refractivity contribution in [3.8, 4) is 5.75 Å². The number of esters is 3. The predicted octanol–water partition coefficient (Wildman–Crippen LogP) is 10.8. The summed E-state index contributed by atoms with van der Waals surface area (Å²) in [6.45, 7) is 15.5. The fourth-order valence-electron chi connectivity index (χ4n) is 18.2. The van der Waals surface area contributed by atoms with Crippen LogP contribution in [0, 0.1) is 42.7 Å². The lowest BCUT2D eigenvalue weighted by atomic mass is 9.47. The van der Waals surface area contributed by atoms with Gasteiger partial charge in [0.1, 0.15) is 22.8 Å². The summed E-state index contributed by atoms with van der Waals surface area (Å²) in [5.41, 5.74) is 3.51. The standard InChI is InChI=1S/C45H54F2N4O8.C30H35F2N3O/c1-8-42-14-11-16-51-17-15-43(36(42)51)30-19-31(34(56-5)20-33(30)49(4)37(43)45(55,40(54)58-7)38(42)59-25(2)52)44(39(53)57-6)21-26-18-27(41(3,46)47)23-50(22-26)24-29-28-12-9-10-13-32(28)48-35(29)44;1-22-5-3-6-23(2)30(22)33-29(36)21-35-19-17-34(18-20-35)16-4-7-28(24-8-12-26(31)13-9-24)25-10-14-27(32)15-11-25/h9-14,19-20,26-27,36-38,48,55H,8,15-18,21-24H2,1-7H3;3,5-6,8-15,28H,4,7,16-21H2,1-2H3,(H,33,36)/t26-,27-,36+,37-,38-,42-,43-,44+,45+;/m1./s1. The number of carbonyl (C=O) groups excluding carboxylic acids is 4. The number of methoxy groups -OCH3 is 3. The first-order chi connectivity index (χ1) is 45.4. The quantitative estimate of drug-likeness (QED) is 0.0362. The number of aliphatic hydroxyl groups is 1. The van der Waals surface area contributed by atoms with Gasteiger partial charge in [-0.1, -0.05) is 79.7 Å². The summed E-state index contributed by atoms with van der Waals surface area (Å²) < 4.78 is 81.3. The van der Waals surface area contributed by atoms with Crippen LogP contribution in [0.15, 0.2) is 115 Å². The minimum absolute atomic E-state index is 0.0299. The van der Waals surface area contributed by atoms with E-state index in [1.807, 2.05) is 124 Å². The molecule has 1 aromatic heterocycles. The normalized spacial score (nSPS) is 27.8. The number of alkyl halides is 2. The van der Waals surface area contributed by atoms with Crippen LogP contribution >= 0.6 is 0 Å². The number of ether oxygens (including phenoxy) is 4. The zero-order valence-corrected chi connectivity index (χ0v) is 55.9. The highest BCUT2D eigenvalue weighted by Gasteiger charge is 2.80. The summed E-state index contributed by atoms with van der Waals surface area (Å²) in [6.07, 6.45) is 5.91. The molecule has 3 saturated heterocycles. The molecule has 1 aliphatic carbocycles. The monoisotopic (exact) mass is 1310 g/mol. The predicted molar refractivity (Wildman–Crippen MR) is 356 cm³/mol. The van der Waals surface area contributed by atoms with Gasteiger partial charge in [0, 0.05) is 135 Å². The molecule has 506 valence electrons. The molecule has 6 aliphatic heterocycles. The number of fused-ring (bicyclic) bond motifs is 6. The summed E-state index contributed by atoms with van der Waals surface area (Å²) in [6, 6.07) is 29.6. The second-order valence-electron chi connectivity index (χ2n) is 27.8. The van der Waals surface area contributed by atoms with E-state index in [9.17, 15) is 28.3 Å². The molecule has 16 nitrogen and oxygen atoms in total. The molecule has 10 atom stereocenters. The van der Waals surface area contributed by atoms with Crippen molar-refractivity contribution in [1.29, 1.82) is 0 Å².